The summed E-state index contributed by atoms with van der Waals surface area (Å²) in [4.78, 5) is 22.7. The van der Waals surface area contributed by atoms with E-state index in [4.69, 9.17) is 5.11 Å². The average Bonchev–Trinajstić information content (AvgIpc) is 3.04. The van der Waals surface area contributed by atoms with Crippen molar-refractivity contribution < 1.29 is 19.1 Å². The van der Waals surface area contributed by atoms with Crippen molar-refractivity contribution in [1.82, 2.24) is 5.32 Å². The van der Waals surface area contributed by atoms with Gasteiger partial charge in [-0.25, -0.2) is 4.39 Å². The Morgan fingerprint density at radius 1 is 1.47 bits per heavy atom. The molecule has 2 aliphatic carbocycles. The first-order valence-electron chi connectivity index (χ1n) is 5.57. The van der Waals surface area contributed by atoms with Crippen molar-refractivity contribution in [2.24, 2.45) is 11.3 Å². The number of amides is 1. The lowest BCUT2D eigenvalue weighted by atomic mass is 9.98. The van der Waals surface area contributed by atoms with Crippen molar-refractivity contribution in [3.05, 3.63) is 23.7 Å². The summed E-state index contributed by atoms with van der Waals surface area (Å²) in [7, 11) is 0. The van der Waals surface area contributed by atoms with Crippen LogP contribution >= 0.6 is 0 Å². The number of carboxylic acid groups (broad SMARTS) is 1. The van der Waals surface area contributed by atoms with Gasteiger partial charge in [0.2, 0.25) is 5.91 Å². The Morgan fingerprint density at radius 3 is 2.59 bits per heavy atom. The molecule has 1 fully saturated rings. The van der Waals surface area contributed by atoms with Gasteiger partial charge in [0.1, 0.15) is 11.2 Å². The van der Waals surface area contributed by atoms with Gasteiger partial charge in [-0.05, 0) is 31.4 Å². The van der Waals surface area contributed by atoms with Crippen LogP contribution in [0.4, 0.5) is 4.39 Å². The van der Waals surface area contributed by atoms with Gasteiger partial charge in [-0.15, -0.1) is 0 Å². The molecule has 5 heteroatoms. The van der Waals surface area contributed by atoms with Crippen LogP contribution in [0.25, 0.3) is 0 Å². The number of rotatable bonds is 3. The van der Waals surface area contributed by atoms with Crippen LogP contribution in [-0.4, -0.2) is 17.0 Å². The van der Waals surface area contributed by atoms with Gasteiger partial charge in [0.15, 0.2) is 0 Å². The summed E-state index contributed by atoms with van der Waals surface area (Å²) in [6, 6.07) is 0. The molecule has 17 heavy (non-hydrogen) atoms. The van der Waals surface area contributed by atoms with Crippen LogP contribution in [0.5, 0.6) is 0 Å². The van der Waals surface area contributed by atoms with Gasteiger partial charge in [-0.2, -0.15) is 0 Å². The molecule has 0 aromatic rings. The van der Waals surface area contributed by atoms with Gasteiger partial charge in [-0.1, -0.05) is 6.92 Å². The summed E-state index contributed by atoms with van der Waals surface area (Å²) >= 11 is 0. The van der Waals surface area contributed by atoms with Crippen LogP contribution in [-0.2, 0) is 9.59 Å². The second kappa shape index (κ2) is 3.98. The van der Waals surface area contributed by atoms with Crippen LogP contribution in [0.1, 0.15) is 26.2 Å². The van der Waals surface area contributed by atoms with Crippen LogP contribution in [0.15, 0.2) is 23.7 Å². The fourth-order valence-corrected chi connectivity index (χ4v) is 1.86. The number of carboxylic acids is 1. The molecule has 0 aromatic carbocycles. The number of nitrogens with one attached hydrogen (secondary N) is 1. The fourth-order valence-electron chi connectivity index (χ4n) is 1.86. The molecule has 4 nitrogen and oxygen atoms in total. The highest BCUT2D eigenvalue weighted by Crippen LogP contribution is 2.46. The quantitative estimate of drug-likeness (QED) is 0.737. The molecule has 0 aliphatic heterocycles. The number of halogens is 1. The van der Waals surface area contributed by atoms with Crippen molar-refractivity contribution in [3.8, 4) is 0 Å². The molecular formula is C12H14FNO3. The van der Waals surface area contributed by atoms with Gasteiger partial charge in [0.05, 0.1) is 0 Å². The van der Waals surface area contributed by atoms with Gasteiger partial charge in [0.25, 0.3) is 0 Å². The van der Waals surface area contributed by atoms with Crippen LogP contribution < -0.4 is 5.32 Å². The number of aliphatic carboxylic acids is 1. The van der Waals surface area contributed by atoms with E-state index in [1.165, 1.54) is 12.2 Å². The minimum atomic E-state index is -1.25. The van der Waals surface area contributed by atoms with Crippen LogP contribution in [0, 0.1) is 11.3 Å². The van der Waals surface area contributed by atoms with E-state index in [0.29, 0.717) is 25.0 Å². The third-order valence-electron chi connectivity index (χ3n) is 3.31. The lowest BCUT2D eigenvalue weighted by molar-refractivity contribution is -0.148. The lowest BCUT2D eigenvalue weighted by Gasteiger charge is -2.19. The molecule has 1 amide bonds. The molecule has 0 spiro atoms. The SMILES string of the molecule is CC1CC(NC(=O)C2(C(=O)O)CC2)=CC=C1F. The highest BCUT2D eigenvalue weighted by atomic mass is 19.1. The van der Waals surface area contributed by atoms with Crippen molar-refractivity contribution in [3.63, 3.8) is 0 Å². The Hall–Kier alpha value is -1.65. The summed E-state index contributed by atoms with van der Waals surface area (Å²) in [6.07, 6.45) is 3.95. The average molecular weight is 239 g/mol. The Morgan fingerprint density at radius 2 is 2.12 bits per heavy atom. The number of carbonyl (C=O) groups excluding carboxylic acids is 1. The number of hydrogen-bond acceptors (Lipinski definition) is 2. The van der Waals surface area contributed by atoms with E-state index in [9.17, 15) is 14.0 Å². The third-order valence-corrected chi connectivity index (χ3v) is 3.31. The molecule has 0 aromatic heterocycles. The van der Waals surface area contributed by atoms with E-state index >= 15 is 0 Å². The van der Waals surface area contributed by atoms with E-state index in [-0.39, 0.29) is 11.7 Å². The molecule has 2 aliphatic rings. The molecular weight excluding hydrogens is 225 g/mol. The number of allylic oxidation sites excluding steroid dienone is 4. The zero-order chi connectivity index (χ0) is 12.6. The Labute approximate surface area is 98.2 Å². The number of hydrogen-bond donors (Lipinski definition) is 2. The molecule has 2 rings (SSSR count). The van der Waals surface area contributed by atoms with E-state index in [1.54, 1.807) is 6.92 Å². The normalized spacial score (nSPS) is 25.6. The van der Waals surface area contributed by atoms with E-state index in [2.05, 4.69) is 5.32 Å². The van der Waals surface area contributed by atoms with Crippen LogP contribution in [0.3, 0.4) is 0 Å². The number of carbonyl (C=O) groups is 2. The summed E-state index contributed by atoms with van der Waals surface area (Å²) in [6.45, 7) is 1.72. The van der Waals surface area contributed by atoms with Crippen molar-refractivity contribution in [2.75, 3.05) is 0 Å². The molecule has 0 saturated heterocycles. The van der Waals surface area contributed by atoms with Gasteiger partial charge < -0.3 is 10.4 Å². The summed E-state index contributed by atoms with van der Waals surface area (Å²) in [5, 5.41) is 11.5. The van der Waals surface area contributed by atoms with Gasteiger partial charge in [-0.3, -0.25) is 9.59 Å². The first-order valence-corrected chi connectivity index (χ1v) is 5.57. The van der Waals surface area contributed by atoms with E-state index < -0.39 is 17.3 Å². The molecule has 0 radical (unpaired) electrons. The lowest BCUT2D eigenvalue weighted by Crippen LogP contribution is -2.37. The fraction of sp³-hybridized carbons (Fsp3) is 0.500. The Bertz CT molecular complexity index is 435. The van der Waals surface area contributed by atoms with Gasteiger partial charge in [0, 0.05) is 11.6 Å². The summed E-state index contributed by atoms with van der Waals surface area (Å²) in [5.41, 5.74) is -0.666. The monoisotopic (exact) mass is 239 g/mol. The molecule has 1 atom stereocenters. The first-order chi connectivity index (χ1) is 7.95. The maximum absolute atomic E-state index is 13.1. The molecule has 92 valence electrons. The zero-order valence-electron chi connectivity index (χ0n) is 9.50. The maximum Gasteiger partial charge on any atom is 0.319 e. The van der Waals surface area contributed by atoms with Crippen molar-refractivity contribution in [2.45, 2.75) is 26.2 Å². The molecule has 0 heterocycles. The highest BCUT2D eigenvalue weighted by Gasteiger charge is 2.57. The molecule has 1 unspecified atom stereocenters. The predicted octanol–water partition coefficient (Wildman–Crippen LogP) is 1.74. The largest absolute Gasteiger partial charge is 0.480 e. The first kappa shape index (κ1) is 11.8. The minimum absolute atomic E-state index is 0.220. The van der Waals surface area contributed by atoms with Crippen molar-refractivity contribution in [1.29, 1.82) is 0 Å². The standard InChI is InChI=1S/C12H14FNO3/c1-7-6-8(2-3-9(7)13)14-10(15)12(4-5-12)11(16)17/h2-3,7H,4-6H2,1H3,(H,14,15)(H,16,17). The van der Waals surface area contributed by atoms with Gasteiger partial charge >= 0.3 is 5.97 Å². The maximum atomic E-state index is 13.1. The van der Waals surface area contributed by atoms with E-state index in [0.717, 1.165) is 0 Å². The smallest absolute Gasteiger partial charge is 0.319 e. The van der Waals surface area contributed by atoms with Crippen molar-refractivity contribution >= 4 is 11.9 Å². The highest BCUT2D eigenvalue weighted by molar-refractivity contribution is 6.05. The molecule has 0 bridgehead atoms. The second-order valence-corrected chi connectivity index (χ2v) is 4.69. The minimum Gasteiger partial charge on any atom is -0.480 e. The predicted molar refractivity (Wildman–Crippen MR) is 58.5 cm³/mol. The van der Waals surface area contributed by atoms with Crippen LogP contribution in [0.2, 0.25) is 0 Å². The topological polar surface area (TPSA) is 66.4 Å². The molecule has 1 saturated carbocycles. The summed E-state index contributed by atoms with van der Waals surface area (Å²) in [5.74, 6) is -2.06. The Kier molecular flexibility index (Phi) is 2.77. The second-order valence-electron chi connectivity index (χ2n) is 4.69. The zero-order valence-corrected chi connectivity index (χ0v) is 9.50. The third kappa shape index (κ3) is 2.09. The molecule has 2 N–H and O–H groups in total. The Balaban J connectivity index is 2.04. The summed E-state index contributed by atoms with van der Waals surface area (Å²) < 4.78 is 13.1. The van der Waals surface area contributed by atoms with E-state index in [1.807, 2.05) is 0 Å².